The second-order valence-corrected chi connectivity index (χ2v) is 7.33. The number of carboxylic acid groups (broad SMARTS) is 1. The van der Waals surface area contributed by atoms with Crippen LogP contribution in [0.15, 0.2) is 45.6 Å². The number of benzene rings is 2. The van der Waals surface area contributed by atoms with Crippen molar-refractivity contribution in [2.45, 2.75) is 30.7 Å². The minimum atomic E-state index is -2.01. The van der Waals surface area contributed by atoms with Crippen molar-refractivity contribution in [1.82, 2.24) is 0 Å². The molecule has 5 atom stereocenters. The van der Waals surface area contributed by atoms with E-state index in [0.29, 0.717) is 0 Å². The van der Waals surface area contributed by atoms with Crippen LogP contribution >= 0.6 is 0 Å². The van der Waals surface area contributed by atoms with Crippen LogP contribution < -0.4 is 15.3 Å². The molecule has 0 saturated carbocycles. The first-order valence-corrected chi connectivity index (χ1v) is 9.47. The fourth-order valence-corrected chi connectivity index (χ4v) is 3.40. The molecule has 1 saturated heterocycles. The molecular formula is C21H17O12-. The zero-order valence-electron chi connectivity index (χ0n) is 16.5. The Hall–Kier alpha value is -3.84. The van der Waals surface area contributed by atoms with E-state index in [1.165, 1.54) is 12.1 Å². The van der Waals surface area contributed by atoms with Gasteiger partial charge in [0.25, 0.3) is 0 Å². The van der Waals surface area contributed by atoms with Crippen molar-refractivity contribution in [2.24, 2.45) is 0 Å². The van der Waals surface area contributed by atoms with Crippen molar-refractivity contribution in [3.63, 3.8) is 0 Å². The zero-order valence-corrected chi connectivity index (χ0v) is 16.5. The Morgan fingerprint density at radius 2 is 1.64 bits per heavy atom. The SMILES string of the molecule is O=C([O-])[C@H]1OC(Oc2cc(O)c3c(=O)cc(-c4ccc(O)c(O)c4)oc3c2)[C@H](O)[C@@H](O)[C@@H]1O. The van der Waals surface area contributed by atoms with Crippen LogP contribution in [0.25, 0.3) is 22.3 Å². The number of hydrogen-bond donors (Lipinski definition) is 6. The first-order chi connectivity index (χ1) is 15.6. The molecule has 2 heterocycles. The van der Waals surface area contributed by atoms with E-state index < -0.39 is 53.6 Å². The lowest BCUT2D eigenvalue weighted by Crippen LogP contribution is -2.63. The molecule has 0 radical (unpaired) electrons. The van der Waals surface area contributed by atoms with Gasteiger partial charge in [0.15, 0.2) is 16.9 Å². The number of hydrogen-bond acceptors (Lipinski definition) is 12. The minimum Gasteiger partial charge on any atom is -0.547 e. The molecule has 1 aliphatic heterocycles. The van der Waals surface area contributed by atoms with Crippen LogP contribution in [-0.4, -0.2) is 67.3 Å². The third-order valence-corrected chi connectivity index (χ3v) is 5.10. The summed E-state index contributed by atoms with van der Waals surface area (Å²) in [6.45, 7) is 0. The number of carboxylic acids is 1. The van der Waals surface area contributed by atoms with E-state index in [4.69, 9.17) is 13.9 Å². The number of aliphatic carboxylic acids is 1. The fourth-order valence-electron chi connectivity index (χ4n) is 3.40. The van der Waals surface area contributed by atoms with Crippen molar-refractivity contribution < 1.29 is 54.4 Å². The number of ether oxygens (including phenoxy) is 2. The summed E-state index contributed by atoms with van der Waals surface area (Å²) in [5.41, 5.74) is -0.593. The van der Waals surface area contributed by atoms with Crippen LogP contribution in [0.1, 0.15) is 0 Å². The number of rotatable bonds is 4. The summed E-state index contributed by atoms with van der Waals surface area (Å²) in [7, 11) is 0. The topological polar surface area (TPSA) is 210 Å². The van der Waals surface area contributed by atoms with Crippen LogP contribution in [0.4, 0.5) is 0 Å². The number of aliphatic hydroxyl groups is 3. The Morgan fingerprint density at radius 3 is 2.30 bits per heavy atom. The molecule has 12 heteroatoms. The molecular weight excluding hydrogens is 444 g/mol. The van der Waals surface area contributed by atoms with Gasteiger partial charge in [-0.2, -0.15) is 0 Å². The quantitative estimate of drug-likeness (QED) is 0.246. The van der Waals surface area contributed by atoms with Gasteiger partial charge in [0.05, 0.1) is 5.97 Å². The predicted octanol–water partition coefficient (Wildman–Crippen LogP) is -1.49. The summed E-state index contributed by atoms with van der Waals surface area (Å²) in [6.07, 6.45) is -9.57. The van der Waals surface area contributed by atoms with E-state index in [1.807, 2.05) is 0 Å². The lowest BCUT2D eigenvalue weighted by molar-refractivity contribution is -0.342. The highest BCUT2D eigenvalue weighted by Gasteiger charge is 2.45. The number of carbonyl (C=O) groups is 1. The van der Waals surface area contributed by atoms with E-state index in [-0.39, 0.29) is 33.8 Å². The zero-order chi connectivity index (χ0) is 24.0. The molecule has 3 aromatic rings. The maximum Gasteiger partial charge on any atom is 0.229 e. The Balaban J connectivity index is 1.72. The summed E-state index contributed by atoms with van der Waals surface area (Å²) in [5, 5.41) is 70.0. The van der Waals surface area contributed by atoms with Crippen molar-refractivity contribution in [3.8, 4) is 34.3 Å². The van der Waals surface area contributed by atoms with E-state index in [0.717, 1.165) is 24.3 Å². The summed E-state index contributed by atoms with van der Waals surface area (Å²) < 4.78 is 15.9. The number of aliphatic hydroxyl groups excluding tert-OH is 3. The molecule has 0 amide bonds. The summed E-state index contributed by atoms with van der Waals surface area (Å²) in [5.74, 6) is -3.53. The molecule has 1 aliphatic rings. The van der Waals surface area contributed by atoms with E-state index in [9.17, 15) is 45.3 Å². The smallest absolute Gasteiger partial charge is 0.229 e. The molecule has 0 spiro atoms. The van der Waals surface area contributed by atoms with E-state index in [2.05, 4.69) is 0 Å². The fraction of sp³-hybridized carbons (Fsp3) is 0.238. The Kier molecular flexibility index (Phi) is 5.59. The van der Waals surface area contributed by atoms with E-state index in [1.54, 1.807) is 0 Å². The Morgan fingerprint density at radius 1 is 0.909 bits per heavy atom. The molecule has 0 aliphatic carbocycles. The highest BCUT2D eigenvalue weighted by molar-refractivity contribution is 5.86. The summed E-state index contributed by atoms with van der Waals surface area (Å²) in [6, 6.07) is 6.89. The maximum atomic E-state index is 12.5. The molecule has 12 nitrogen and oxygen atoms in total. The standard InChI is InChI=1S/C21H18O12/c22-9-2-1-7(3-10(9)23)13-6-12(25)15-11(24)4-8(5-14(15)32-13)31-21-18(28)16(26)17(27)19(33-21)20(29)30/h1-6,16-19,21-24,26-28H,(H,29,30)/p-1/t16-,17-,18+,19-,21?/m0/s1. The van der Waals surface area contributed by atoms with Gasteiger partial charge in [-0.25, -0.2) is 0 Å². The summed E-state index contributed by atoms with van der Waals surface area (Å²) >= 11 is 0. The second-order valence-electron chi connectivity index (χ2n) is 7.33. The third kappa shape index (κ3) is 4.03. The molecule has 4 rings (SSSR count). The van der Waals surface area contributed by atoms with Gasteiger partial charge in [-0.05, 0) is 18.2 Å². The molecule has 1 unspecified atom stereocenters. The van der Waals surface area contributed by atoms with Crippen molar-refractivity contribution in [1.29, 1.82) is 0 Å². The second kappa shape index (κ2) is 8.26. The van der Waals surface area contributed by atoms with Gasteiger partial charge in [-0.1, -0.05) is 0 Å². The lowest BCUT2D eigenvalue weighted by Gasteiger charge is -2.40. The molecule has 0 bridgehead atoms. The van der Waals surface area contributed by atoms with Crippen LogP contribution in [0.5, 0.6) is 23.0 Å². The van der Waals surface area contributed by atoms with Crippen LogP contribution in [-0.2, 0) is 9.53 Å². The molecule has 174 valence electrons. The number of phenolic OH excluding ortho intramolecular Hbond substituents is 3. The Labute approximate surface area is 183 Å². The predicted molar refractivity (Wildman–Crippen MR) is 105 cm³/mol. The Bertz CT molecular complexity index is 1280. The largest absolute Gasteiger partial charge is 0.547 e. The highest BCUT2D eigenvalue weighted by Crippen LogP contribution is 2.35. The summed E-state index contributed by atoms with van der Waals surface area (Å²) in [4.78, 5) is 23.7. The molecule has 2 aromatic carbocycles. The monoisotopic (exact) mass is 461 g/mol. The average molecular weight is 461 g/mol. The van der Waals surface area contributed by atoms with Gasteiger partial charge >= 0.3 is 0 Å². The normalized spacial score (nSPS) is 25.1. The van der Waals surface area contributed by atoms with Crippen LogP contribution in [0.3, 0.4) is 0 Å². The van der Waals surface area contributed by atoms with E-state index >= 15 is 0 Å². The van der Waals surface area contributed by atoms with Crippen molar-refractivity contribution in [2.75, 3.05) is 0 Å². The van der Waals surface area contributed by atoms with Gasteiger partial charge in [0.1, 0.15) is 52.6 Å². The van der Waals surface area contributed by atoms with Crippen molar-refractivity contribution in [3.05, 3.63) is 46.6 Å². The van der Waals surface area contributed by atoms with Gasteiger partial charge in [-0.15, -0.1) is 0 Å². The van der Waals surface area contributed by atoms with Gasteiger partial charge in [-0.3, -0.25) is 4.79 Å². The molecule has 1 aromatic heterocycles. The highest BCUT2D eigenvalue weighted by atomic mass is 16.7. The first kappa shape index (κ1) is 22.4. The van der Waals surface area contributed by atoms with Gasteiger partial charge in [0, 0.05) is 23.8 Å². The van der Waals surface area contributed by atoms with Crippen molar-refractivity contribution >= 4 is 16.9 Å². The molecule has 1 fully saturated rings. The maximum absolute atomic E-state index is 12.5. The molecule has 33 heavy (non-hydrogen) atoms. The molecule has 6 N–H and O–H groups in total. The third-order valence-electron chi connectivity index (χ3n) is 5.10. The number of aromatic hydroxyl groups is 3. The number of fused-ring (bicyclic) bond motifs is 1. The first-order valence-electron chi connectivity index (χ1n) is 9.47. The van der Waals surface area contributed by atoms with Gasteiger partial charge < -0.3 is 54.4 Å². The lowest BCUT2D eigenvalue weighted by atomic mass is 9.99. The number of carbonyl (C=O) groups excluding carboxylic acids is 1. The minimum absolute atomic E-state index is 0.0242. The van der Waals surface area contributed by atoms with Gasteiger partial charge in [0.2, 0.25) is 6.29 Å². The number of phenols is 3. The van der Waals surface area contributed by atoms with Crippen LogP contribution in [0, 0.1) is 0 Å². The average Bonchev–Trinajstić information content (AvgIpc) is 2.75. The van der Waals surface area contributed by atoms with Crippen LogP contribution in [0.2, 0.25) is 0 Å².